The Labute approximate surface area is 104 Å². The molecular formula is C12H25N3O2. The van der Waals surface area contributed by atoms with E-state index in [1.807, 2.05) is 0 Å². The molecule has 0 saturated carbocycles. The molecule has 1 atom stereocenters. The normalized spacial score (nSPS) is 21.4. The van der Waals surface area contributed by atoms with Gasteiger partial charge in [0.1, 0.15) is 0 Å². The summed E-state index contributed by atoms with van der Waals surface area (Å²) in [6.07, 6.45) is 2.50. The monoisotopic (exact) mass is 243 g/mol. The van der Waals surface area contributed by atoms with E-state index in [1.54, 1.807) is 0 Å². The Balaban J connectivity index is 2.10. The molecule has 0 aromatic carbocycles. The number of nitrogens with two attached hydrogens (primary N) is 1. The van der Waals surface area contributed by atoms with Gasteiger partial charge in [0, 0.05) is 26.1 Å². The van der Waals surface area contributed by atoms with E-state index in [-0.39, 0.29) is 12.0 Å². The number of hydrogen-bond donors (Lipinski definition) is 2. The fraction of sp³-hybridized carbons (Fsp3) is 0.917. The Bertz CT molecular complexity index is 224. The van der Waals surface area contributed by atoms with Crippen LogP contribution in [0.25, 0.3) is 0 Å². The summed E-state index contributed by atoms with van der Waals surface area (Å²) in [6.45, 7) is 7.15. The van der Waals surface area contributed by atoms with E-state index in [0.29, 0.717) is 19.5 Å². The van der Waals surface area contributed by atoms with Crippen molar-refractivity contribution in [3.8, 4) is 0 Å². The highest BCUT2D eigenvalue weighted by molar-refractivity contribution is 5.75. The number of unbranched alkanes of at least 4 members (excludes halogenated alkanes) is 1. The average Bonchev–Trinajstić information content (AvgIpc) is 2.37. The minimum atomic E-state index is 0.107. The summed E-state index contributed by atoms with van der Waals surface area (Å²) in [7, 11) is 0. The number of rotatable bonds is 7. The first-order valence-corrected chi connectivity index (χ1v) is 6.57. The molecule has 1 heterocycles. The summed E-state index contributed by atoms with van der Waals surface area (Å²) in [4.78, 5) is 13.8. The smallest absolute Gasteiger partial charge is 0.220 e. The van der Waals surface area contributed by atoms with Crippen LogP contribution in [0.3, 0.4) is 0 Å². The van der Waals surface area contributed by atoms with Crippen LogP contribution >= 0.6 is 0 Å². The topological polar surface area (TPSA) is 67.6 Å². The minimum Gasteiger partial charge on any atom is -0.374 e. The van der Waals surface area contributed by atoms with Gasteiger partial charge in [-0.05, 0) is 25.9 Å². The van der Waals surface area contributed by atoms with E-state index >= 15 is 0 Å². The number of amides is 1. The summed E-state index contributed by atoms with van der Waals surface area (Å²) in [6, 6.07) is 0. The van der Waals surface area contributed by atoms with Crippen LogP contribution in [0.1, 0.15) is 26.2 Å². The lowest BCUT2D eigenvalue weighted by Crippen LogP contribution is -2.47. The van der Waals surface area contributed by atoms with Crippen LogP contribution in [0.4, 0.5) is 0 Å². The number of carbonyl (C=O) groups excluding carboxylic acids is 1. The van der Waals surface area contributed by atoms with Gasteiger partial charge in [0.05, 0.1) is 12.7 Å². The van der Waals surface area contributed by atoms with Crippen molar-refractivity contribution in [3.63, 3.8) is 0 Å². The zero-order valence-corrected chi connectivity index (χ0v) is 10.8. The first-order chi connectivity index (χ1) is 8.26. The predicted octanol–water partition coefficient (Wildman–Crippen LogP) is -0.0477. The Hall–Kier alpha value is -0.650. The van der Waals surface area contributed by atoms with Crippen molar-refractivity contribution >= 4 is 5.91 Å². The molecular weight excluding hydrogens is 218 g/mol. The van der Waals surface area contributed by atoms with E-state index < -0.39 is 0 Å². The Morgan fingerprint density at radius 1 is 1.53 bits per heavy atom. The number of morpholine rings is 1. The van der Waals surface area contributed by atoms with Gasteiger partial charge in [0.2, 0.25) is 5.91 Å². The zero-order chi connectivity index (χ0) is 12.5. The van der Waals surface area contributed by atoms with Gasteiger partial charge in [-0.1, -0.05) is 6.92 Å². The molecule has 1 amide bonds. The molecule has 1 unspecified atom stereocenters. The largest absolute Gasteiger partial charge is 0.374 e. The van der Waals surface area contributed by atoms with Crippen molar-refractivity contribution in [1.82, 2.24) is 10.2 Å². The van der Waals surface area contributed by atoms with Gasteiger partial charge in [0.15, 0.2) is 0 Å². The molecule has 5 heteroatoms. The Morgan fingerprint density at radius 2 is 2.35 bits per heavy atom. The zero-order valence-electron chi connectivity index (χ0n) is 10.8. The summed E-state index contributed by atoms with van der Waals surface area (Å²) in [5.41, 5.74) is 5.38. The van der Waals surface area contributed by atoms with Gasteiger partial charge in [-0.25, -0.2) is 0 Å². The molecule has 0 radical (unpaired) electrons. The Kier molecular flexibility index (Phi) is 7.16. The second kappa shape index (κ2) is 8.44. The third-order valence-electron chi connectivity index (χ3n) is 3.05. The molecule has 0 bridgehead atoms. The highest BCUT2D eigenvalue weighted by atomic mass is 16.5. The van der Waals surface area contributed by atoms with Crippen LogP contribution in [-0.2, 0) is 9.53 Å². The van der Waals surface area contributed by atoms with Crippen molar-refractivity contribution in [2.45, 2.75) is 32.3 Å². The molecule has 5 nitrogen and oxygen atoms in total. The number of hydrogen-bond acceptors (Lipinski definition) is 4. The molecule has 1 aliphatic heterocycles. The fourth-order valence-electron chi connectivity index (χ4n) is 1.94. The number of ether oxygens (including phenoxy) is 1. The second-order valence-electron chi connectivity index (χ2n) is 4.44. The molecule has 0 aromatic heterocycles. The van der Waals surface area contributed by atoms with Crippen molar-refractivity contribution in [1.29, 1.82) is 0 Å². The highest BCUT2D eigenvalue weighted by Crippen LogP contribution is 2.03. The van der Waals surface area contributed by atoms with E-state index in [9.17, 15) is 4.79 Å². The molecule has 1 saturated heterocycles. The molecule has 0 aliphatic carbocycles. The number of carbonyl (C=O) groups is 1. The van der Waals surface area contributed by atoms with Crippen LogP contribution in [0.5, 0.6) is 0 Å². The van der Waals surface area contributed by atoms with Crippen LogP contribution in [0, 0.1) is 0 Å². The quantitative estimate of drug-likeness (QED) is 0.615. The maximum Gasteiger partial charge on any atom is 0.220 e. The number of likely N-dealkylation sites (N-methyl/N-ethyl adjacent to an activating group) is 1. The third kappa shape index (κ3) is 6.00. The summed E-state index contributed by atoms with van der Waals surface area (Å²) >= 11 is 0. The van der Waals surface area contributed by atoms with Gasteiger partial charge in [-0.2, -0.15) is 0 Å². The molecule has 3 N–H and O–H groups in total. The standard InChI is InChI=1S/C12H25N3O2/c1-2-15-7-8-17-11(10-15)9-14-12(16)5-3-4-6-13/h11H,2-10,13H2,1H3,(H,14,16). The molecule has 0 aromatic rings. The van der Waals surface area contributed by atoms with Crippen LogP contribution in [0.15, 0.2) is 0 Å². The van der Waals surface area contributed by atoms with Gasteiger partial charge in [0.25, 0.3) is 0 Å². The lowest BCUT2D eigenvalue weighted by atomic mass is 10.2. The third-order valence-corrected chi connectivity index (χ3v) is 3.05. The highest BCUT2D eigenvalue weighted by Gasteiger charge is 2.19. The lowest BCUT2D eigenvalue weighted by Gasteiger charge is -2.32. The Morgan fingerprint density at radius 3 is 3.06 bits per heavy atom. The minimum absolute atomic E-state index is 0.107. The molecule has 1 rings (SSSR count). The van der Waals surface area contributed by atoms with Crippen molar-refractivity contribution in [2.24, 2.45) is 5.73 Å². The van der Waals surface area contributed by atoms with Crippen molar-refractivity contribution < 1.29 is 9.53 Å². The van der Waals surface area contributed by atoms with Gasteiger partial charge < -0.3 is 15.8 Å². The van der Waals surface area contributed by atoms with Gasteiger partial charge in [-0.15, -0.1) is 0 Å². The molecule has 1 aliphatic rings. The lowest BCUT2D eigenvalue weighted by molar-refractivity contribution is -0.122. The maximum atomic E-state index is 11.5. The SMILES string of the molecule is CCN1CCOC(CNC(=O)CCCCN)C1. The maximum absolute atomic E-state index is 11.5. The first-order valence-electron chi connectivity index (χ1n) is 6.57. The summed E-state index contributed by atoms with van der Waals surface area (Å²) in [5.74, 6) is 0.107. The molecule has 17 heavy (non-hydrogen) atoms. The van der Waals surface area contributed by atoms with Crippen LogP contribution in [-0.4, -0.2) is 56.2 Å². The number of nitrogens with zero attached hydrogens (tertiary/aromatic N) is 1. The second-order valence-corrected chi connectivity index (χ2v) is 4.44. The van der Waals surface area contributed by atoms with Gasteiger partial charge in [-0.3, -0.25) is 9.69 Å². The first kappa shape index (κ1) is 14.4. The predicted molar refractivity (Wildman–Crippen MR) is 67.8 cm³/mol. The summed E-state index contributed by atoms with van der Waals surface area (Å²) in [5, 5.41) is 2.92. The van der Waals surface area contributed by atoms with E-state index in [0.717, 1.165) is 39.1 Å². The summed E-state index contributed by atoms with van der Waals surface area (Å²) < 4.78 is 5.61. The van der Waals surface area contributed by atoms with E-state index in [2.05, 4.69) is 17.1 Å². The van der Waals surface area contributed by atoms with Gasteiger partial charge >= 0.3 is 0 Å². The molecule has 100 valence electrons. The van der Waals surface area contributed by atoms with Crippen molar-refractivity contribution in [3.05, 3.63) is 0 Å². The number of nitrogens with one attached hydrogen (secondary N) is 1. The van der Waals surface area contributed by atoms with Crippen molar-refractivity contribution in [2.75, 3.05) is 39.3 Å². The van der Waals surface area contributed by atoms with E-state index in [4.69, 9.17) is 10.5 Å². The molecule has 1 fully saturated rings. The van der Waals surface area contributed by atoms with E-state index in [1.165, 1.54) is 0 Å². The fourth-order valence-corrected chi connectivity index (χ4v) is 1.94. The molecule has 0 spiro atoms. The van der Waals surface area contributed by atoms with Crippen LogP contribution < -0.4 is 11.1 Å². The average molecular weight is 243 g/mol. The van der Waals surface area contributed by atoms with Crippen LogP contribution in [0.2, 0.25) is 0 Å².